The van der Waals surface area contributed by atoms with E-state index in [-0.39, 0.29) is 5.69 Å². The predicted molar refractivity (Wildman–Crippen MR) is 69.9 cm³/mol. The second kappa shape index (κ2) is 5.24. The van der Waals surface area contributed by atoms with Crippen LogP contribution in [0.15, 0.2) is 36.4 Å². The number of amides is 1. The number of nitrogen functional groups attached to an aromatic ring is 1. The summed E-state index contributed by atoms with van der Waals surface area (Å²) in [4.78, 5) is 13.1. The Morgan fingerprint density at radius 2 is 1.80 bits per heavy atom. The average Bonchev–Trinajstić information content (AvgIpc) is 2.41. The first-order chi connectivity index (χ1) is 9.40. The number of benzene rings is 2. The first-order valence-electron chi connectivity index (χ1n) is 5.68. The summed E-state index contributed by atoms with van der Waals surface area (Å²) in [6.07, 6.45) is 0. The second-order valence-electron chi connectivity index (χ2n) is 4.20. The molecule has 0 saturated heterocycles. The number of rotatable bonds is 2. The molecule has 0 heterocycles. The van der Waals surface area contributed by atoms with E-state index in [2.05, 4.69) is 0 Å². The van der Waals surface area contributed by atoms with Gasteiger partial charge in [0.05, 0.1) is 11.3 Å². The smallest absolute Gasteiger partial charge is 0.261 e. The number of anilines is 2. The van der Waals surface area contributed by atoms with Crippen molar-refractivity contribution >= 4 is 17.3 Å². The Hall–Kier alpha value is -2.50. The van der Waals surface area contributed by atoms with Crippen LogP contribution in [0.2, 0.25) is 0 Å². The minimum Gasteiger partial charge on any atom is -0.396 e. The zero-order chi connectivity index (χ0) is 14.9. The highest BCUT2D eigenvalue weighted by molar-refractivity contribution is 6.06. The molecule has 2 aromatic rings. The lowest BCUT2D eigenvalue weighted by molar-refractivity contribution is 0.0988. The molecule has 0 aromatic heterocycles. The van der Waals surface area contributed by atoms with Crippen molar-refractivity contribution in [3.63, 3.8) is 0 Å². The zero-order valence-electron chi connectivity index (χ0n) is 10.5. The lowest BCUT2D eigenvalue weighted by Gasteiger charge is -2.18. The molecule has 104 valence electrons. The number of nitrogens with two attached hydrogens (primary N) is 1. The van der Waals surface area contributed by atoms with Crippen LogP contribution < -0.4 is 10.6 Å². The third kappa shape index (κ3) is 2.59. The lowest BCUT2D eigenvalue weighted by atomic mass is 10.1. The van der Waals surface area contributed by atoms with Gasteiger partial charge in [0, 0.05) is 12.7 Å². The van der Waals surface area contributed by atoms with Crippen LogP contribution in [-0.2, 0) is 0 Å². The number of halogens is 3. The SMILES string of the molecule is CN(C(=O)c1cc(F)cc(N)c1F)c1cccc(F)c1. The largest absolute Gasteiger partial charge is 0.396 e. The van der Waals surface area contributed by atoms with Gasteiger partial charge < -0.3 is 10.6 Å². The van der Waals surface area contributed by atoms with Crippen molar-refractivity contribution in [1.82, 2.24) is 0 Å². The van der Waals surface area contributed by atoms with Crippen molar-refractivity contribution < 1.29 is 18.0 Å². The van der Waals surface area contributed by atoms with Crippen molar-refractivity contribution in [2.75, 3.05) is 17.7 Å². The summed E-state index contributed by atoms with van der Waals surface area (Å²) in [6.45, 7) is 0. The predicted octanol–water partition coefficient (Wildman–Crippen LogP) is 2.96. The maximum atomic E-state index is 13.8. The molecule has 0 radical (unpaired) electrons. The van der Waals surface area contributed by atoms with Crippen molar-refractivity contribution in [3.8, 4) is 0 Å². The van der Waals surface area contributed by atoms with Gasteiger partial charge in [-0.25, -0.2) is 13.2 Å². The maximum absolute atomic E-state index is 13.8. The fourth-order valence-electron chi connectivity index (χ4n) is 1.75. The summed E-state index contributed by atoms with van der Waals surface area (Å²) in [5, 5.41) is 0. The normalized spacial score (nSPS) is 10.4. The summed E-state index contributed by atoms with van der Waals surface area (Å²) in [7, 11) is 1.33. The summed E-state index contributed by atoms with van der Waals surface area (Å²) in [5.41, 5.74) is 4.53. The molecular weight excluding hydrogens is 269 g/mol. The number of carbonyl (C=O) groups excluding carboxylic acids is 1. The van der Waals surface area contributed by atoms with Gasteiger partial charge in [0.15, 0.2) is 5.82 Å². The highest BCUT2D eigenvalue weighted by atomic mass is 19.1. The van der Waals surface area contributed by atoms with Crippen LogP contribution in [0.3, 0.4) is 0 Å². The van der Waals surface area contributed by atoms with E-state index in [9.17, 15) is 18.0 Å². The molecule has 1 amide bonds. The van der Waals surface area contributed by atoms with Gasteiger partial charge in [-0.1, -0.05) is 6.07 Å². The molecule has 0 atom stereocenters. The minimum atomic E-state index is -1.00. The van der Waals surface area contributed by atoms with E-state index < -0.39 is 34.6 Å². The molecule has 2 rings (SSSR count). The van der Waals surface area contributed by atoms with E-state index in [1.165, 1.54) is 25.2 Å². The van der Waals surface area contributed by atoms with Crippen LogP contribution in [-0.4, -0.2) is 13.0 Å². The molecule has 0 aliphatic heterocycles. The highest BCUT2D eigenvalue weighted by Crippen LogP contribution is 2.22. The standard InChI is InChI=1S/C14H11F3N2O/c1-19(10-4-2-3-8(15)5-10)14(20)11-6-9(16)7-12(18)13(11)17/h2-7H,18H2,1H3. The monoisotopic (exact) mass is 280 g/mol. The quantitative estimate of drug-likeness (QED) is 0.860. The number of nitrogens with zero attached hydrogens (tertiary/aromatic N) is 1. The van der Waals surface area contributed by atoms with Gasteiger partial charge >= 0.3 is 0 Å². The first-order valence-corrected chi connectivity index (χ1v) is 5.68. The highest BCUT2D eigenvalue weighted by Gasteiger charge is 2.20. The summed E-state index contributed by atoms with van der Waals surface area (Å²) < 4.78 is 40.1. The molecule has 0 spiro atoms. The van der Waals surface area contributed by atoms with Crippen LogP contribution in [0.1, 0.15) is 10.4 Å². The molecular formula is C14H11F3N2O. The molecule has 20 heavy (non-hydrogen) atoms. The molecule has 2 aromatic carbocycles. The van der Waals surface area contributed by atoms with Crippen molar-refractivity contribution in [2.24, 2.45) is 0 Å². The van der Waals surface area contributed by atoms with Crippen molar-refractivity contribution in [3.05, 3.63) is 59.4 Å². The minimum absolute atomic E-state index is 0.220. The van der Waals surface area contributed by atoms with Gasteiger partial charge in [0.2, 0.25) is 0 Å². The van der Waals surface area contributed by atoms with E-state index in [1.807, 2.05) is 0 Å². The third-order valence-electron chi connectivity index (χ3n) is 2.80. The Balaban J connectivity index is 2.41. The van der Waals surface area contributed by atoms with Crippen molar-refractivity contribution in [2.45, 2.75) is 0 Å². The van der Waals surface area contributed by atoms with Gasteiger partial charge in [0.1, 0.15) is 11.6 Å². The Kier molecular flexibility index (Phi) is 3.65. The van der Waals surface area contributed by atoms with Gasteiger partial charge in [0.25, 0.3) is 5.91 Å². The van der Waals surface area contributed by atoms with Gasteiger partial charge in [-0.2, -0.15) is 0 Å². The molecule has 0 aliphatic rings. The number of carbonyl (C=O) groups is 1. The van der Waals surface area contributed by atoms with Gasteiger partial charge in [-0.05, 0) is 30.3 Å². The van der Waals surface area contributed by atoms with Gasteiger partial charge in [-0.15, -0.1) is 0 Å². The van der Waals surface area contributed by atoms with E-state index in [4.69, 9.17) is 5.73 Å². The second-order valence-corrected chi connectivity index (χ2v) is 4.20. The van der Waals surface area contributed by atoms with Crippen LogP contribution in [0, 0.1) is 17.5 Å². The number of hydrogen-bond donors (Lipinski definition) is 1. The van der Waals surface area contributed by atoms with E-state index in [0.29, 0.717) is 0 Å². The van der Waals surface area contributed by atoms with Crippen LogP contribution in [0.5, 0.6) is 0 Å². The molecule has 6 heteroatoms. The molecule has 0 fully saturated rings. The van der Waals surface area contributed by atoms with E-state index in [1.54, 1.807) is 0 Å². The molecule has 2 N–H and O–H groups in total. The lowest BCUT2D eigenvalue weighted by Crippen LogP contribution is -2.27. The fourth-order valence-corrected chi connectivity index (χ4v) is 1.75. The van der Waals surface area contributed by atoms with Gasteiger partial charge in [-0.3, -0.25) is 4.79 Å². The molecule has 0 bridgehead atoms. The third-order valence-corrected chi connectivity index (χ3v) is 2.80. The van der Waals surface area contributed by atoms with Crippen LogP contribution in [0.25, 0.3) is 0 Å². The average molecular weight is 280 g/mol. The Morgan fingerprint density at radius 1 is 1.10 bits per heavy atom. The summed E-state index contributed by atoms with van der Waals surface area (Å²) >= 11 is 0. The molecule has 3 nitrogen and oxygen atoms in total. The summed E-state index contributed by atoms with van der Waals surface area (Å²) in [6, 6.07) is 6.74. The van der Waals surface area contributed by atoms with Crippen LogP contribution in [0.4, 0.5) is 24.5 Å². The van der Waals surface area contributed by atoms with Crippen molar-refractivity contribution in [1.29, 1.82) is 0 Å². The maximum Gasteiger partial charge on any atom is 0.261 e. The Morgan fingerprint density at radius 3 is 2.45 bits per heavy atom. The first kappa shape index (κ1) is 13.9. The zero-order valence-corrected chi connectivity index (χ0v) is 10.5. The Bertz CT molecular complexity index is 673. The van der Waals surface area contributed by atoms with Crippen LogP contribution >= 0.6 is 0 Å². The molecule has 0 aliphatic carbocycles. The fraction of sp³-hybridized carbons (Fsp3) is 0.0714. The summed E-state index contributed by atoms with van der Waals surface area (Å²) in [5.74, 6) is -3.18. The number of hydrogen-bond acceptors (Lipinski definition) is 2. The Labute approximate surface area is 113 Å². The van der Waals surface area contributed by atoms with E-state index >= 15 is 0 Å². The topological polar surface area (TPSA) is 46.3 Å². The molecule has 0 unspecified atom stereocenters. The molecule has 0 saturated carbocycles. The van der Waals surface area contributed by atoms with E-state index in [0.717, 1.165) is 23.1 Å².